The van der Waals surface area contributed by atoms with Gasteiger partial charge in [-0.2, -0.15) is 0 Å². The number of hydrogen-bond acceptors (Lipinski definition) is 7. The van der Waals surface area contributed by atoms with E-state index >= 15 is 0 Å². The molecule has 0 fully saturated rings. The van der Waals surface area contributed by atoms with Crippen LogP contribution in [-0.4, -0.2) is 39.7 Å². The first-order valence-corrected chi connectivity index (χ1v) is 9.95. The maximum Gasteiger partial charge on any atom is 0.344 e. The monoisotopic (exact) mass is 418 g/mol. The summed E-state index contributed by atoms with van der Waals surface area (Å²) in [6.07, 6.45) is 0. The summed E-state index contributed by atoms with van der Waals surface area (Å²) in [6.45, 7) is 4.05. The second-order valence-electron chi connectivity index (χ2n) is 6.97. The third-order valence-electron chi connectivity index (χ3n) is 4.98. The summed E-state index contributed by atoms with van der Waals surface area (Å²) in [6, 6.07) is 14.6. The lowest BCUT2D eigenvalue weighted by Gasteiger charge is -2.10. The molecule has 8 nitrogen and oxygen atoms in total. The van der Waals surface area contributed by atoms with Crippen molar-refractivity contribution in [3.63, 3.8) is 0 Å². The summed E-state index contributed by atoms with van der Waals surface area (Å²) < 4.78 is 12.2. The fourth-order valence-electron chi connectivity index (χ4n) is 3.46. The van der Waals surface area contributed by atoms with Crippen LogP contribution in [0.25, 0.3) is 22.2 Å². The summed E-state index contributed by atoms with van der Waals surface area (Å²) in [7, 11) is 0. The average Bonchev–Trinajstić information content (AvgIpc) is 3.03. The molecule has 0 spiro atoms. The Kier molecular flexibility index (Phi) is 5.53. The van der Waals surface area contributed by atoms with Gasteiger partial charge < -0.3 is 19.8 Å². The minimum absolute atomic E-state index is 0.0535. The number of aromatic nitrogens is 3. The maximum atomic E-state index is 12.6. The van der Waals surface area contributed by atoms with Crippen LogP contribution in [-0.2, 0) is 16.0 Å². The van der Waals surface area contributed by atoms with Gasteiger partial charge in [-0.25, -0.2) is 19.6 Å². The normalized spacial score (nSPS) is 11.0. The minimum atomic E-state index is -0.565. The quantitative estimate of drug-likeness (QED) is 0.477. The summed E-state index contributed by atoms with van der Waals surface area (Å²) in [4.78, 5) is 34.2. The standard InChI is InChI=1S/C23H22N4O4/c1-3-30-23(29)18-19-21(26-17-11-7-6-10-16(17)25-19)27(20(18)24)12-13-31-22(28)15-9-5-4-8-14(15)2/h4-11H,3,12-13,24H2,1-2H3. The number of nitrogen functional groups attached to an aromatic ring is 1. The fourth-order valence-corrected chi connectivity index (χ4v) is 3.46. The van der Waals surface area contributed by atoms with Gasteiger partial charge >= 0.3 is 11.9 Å². The molecule has 4 aromatic rings. The van der Waals surface area contributed by atoms with E-state index in [1.807, 2.05) is 43.3 Å². The first-order chi connectivity index (χ1) is 15.0. The van der Waals surface area contributed by atoms with Crippen LogP contribution in [0.2, 0.25) is 0 Å². The molecule has 0 aliphatic carbocycles. The van der Waals surface area contributed by atoms with Crippen LogP contribution in [0.3, 0.4) is 0 Å². The van der Waals surface area contributed by atoms with Gasteiger partial charge in [0.05, 0.1) is 29.7 Å². The number of carbonyl (C=O) groups is 2. The van der Waals surface area contributed by atoms with Crippen LogP contribution < -0.4 is 5.73 Å². The van der Waals surface area contributed by atoms with Crippen LogP contribution in [0.5, 0.6) is 0 Å². The zero-order valence-electron chi connectivity index (χ0n) is 17.3. The fraction of sp³-hybridized carbons (Fsp3) is 0.217. The zero-order chi connectivity index (χ0) is 22.0. The molecular weight excluding hydrogens is 396 g/mol. The Morgan fingerprint density at radius 2 is 1.65 bits per heavy atom. The second kappa shape index (κ2) is 8.43. The van der Waals surface area contributed by atoms with Gasteiger partial charge in [-0.15, -0.1) is 0 Å². The van der Waals surface area contributed by atoms with E-state index in [0.717, 1.165) is 5.56 Å². The van der Waals surface area contributed by atoms with Gasteiger partial charge in [0.25, 0.3) is 0 Å². The number of aryl methyl sites for hydroxylation is 1. The molecule has 4 rings (SSSR count). The van der Waals surface area contributed by atoms with Crippen molar-refractivity contribution in [2.75, 3.05) is 18.9 Å². The molecule has 2 heterocycles. The topological polar surface area (TPSA) is 109 Å². The maximum absolute atomic E-state index is 12.6. The van der Waals surface area contributed by atoms with E-state index < -0.39 is 11.9 Å². The number of anilines is 1. The van der Waals surface area contributed by atoms with Crippen molar-refractivity contribution in [1.82, 2.24) is 14.5 Å². The van der Waals surface area contributed by atoms with Gasteiger partial charge in [-0.3, -0.25) is 0 Å². The largest absolute Gasteiger partial charge is 0.462 e. The molecule has 0 saturated heterocycles. The number of nitrogens with zero attached hydrogens (tertiary/aromatic N) is 3. The molecular formula is C23H22N4O4. The first-order valence-electron chi connectivity index (χ1n) is 9.95. The molecule has 0 amide bonds. The van der Waals surface area contributed by atoms with Crippen molar-refractivity contribution >= 4 is 40.0 Å². The van der Waals surface area contributed by atoms with Crippen LogP contribution in [0.15, 0.2) is 48.5 Å². The van der Waals surface area contributed by atoms with E-state index in [4.69, 9.17) is 15.2 Å². The molecule has 2 aromatic heterocycles. The molecule has 0 radical (unpaired) electrons. The molecule has 158 valence electrons. The van der Waals surface area contributed by atoms with Crippen molar-refractivity contribution in [2.24, 2.45) is 0 Å². The first kappa shape index (κ1) is 20.3. The molecule has 2 N–H and O–H groups in total. The summed E-state index contributed by atoms with van der Waals surface area (Å²) in [5, 5.41) is 0. The Labute approximate surface area is 178 Å². The SMILES string of the molecule is CCOC(=O)c1c(N)n(CCOC(=O)c2ccccc2C)c2nc3ccccc3nc12. The second-order valence-corrected chi connectivity index (χ2v) is 6.97. The lowest BCUT2D eigenvalue weighted by molar-refractivity contribution is 0.0487. The third-order valence-corrected chi connectivity index (χ3v) is 4.98. The predicted octanol–water partition coefficient (Wildman–Crippen LogP) is 3.51. The van der Waals surface area contributed by atoms with E-state index in [0.29, 0.717) is 27.8 Å². The number of benzene rings is 2. The molecule has 0 atom stereocenters. The number of carbonyl (C=O) groups excluding carboxylic acids is 2. The Balaban J connectivity index is 1.68. The Morgan fingerprint density at radius 3 is 2.35 bits per heavy atom. The van der Waals surface area contributed by atoms with Gasteiger partial charge in [0.15, 0.2) is 5.65 Å². The molecule has 0 unspecified atom stereocenters. The highest BCUT2D eigenvalue weighted by Crippen LogP contribution is 2.28. The van der Waals surface area contributed by atoms with E-state index in [1.54, 1.807) is 23.6 Å². The van der Waals surface area contributed by atoms with E-state index in [1.165, 1.54) is 0 Å². The summed E-state index contributed by atoms with van der Waals surface area (Å²) >= 11 is 0. The van der Waals surface area contributed by atoms with E-state index in [2.05, 4.69) is 9.97 Å². The smallest absolute Gasteiger partial charge is 0.344 e. The number of para-hydroxylation sites is 2. The van der Waals surface area contributed by atoms with E-state index in [-0.39, 0.29) is 31.1 Å². The van der Waals surface area contributed by atoms with Gasteiger partial charge in [-0.05, 0) is 37.6 Å². The molecule has 8 heteroatoms. The van der Waals surface area contributed by atoms with Gasteiger partial charge in [0.2, 0.25) is 0 Å². The summed E-state index contributed by atoms with van der Waals surface area (Å²) in [5.41, 5.74) is 9.92. The van der Waals surface area contributed by atoms with Crippen LogP contribution >= 0.6 is 0 Å². The van der Waals surface area contributed by atoms with Crippen LogP contribution in [0.1, 0.15) is 33.2 Å². The lowest BCUT2D eigenvalue weighted by Crippen LogP contribution is -2.15. The number of fused-ring (bicyclic) bond motifs is 2. The Hall–Kier alpha value is -3.94. The van der Waals surface area contributed by atoms with Crippen LogP contribution in [0.4, 0.5) is 5.82 Å². The highest BCUT2D eigenvalue weighted by atomic mass is 16.5. The summed E-state index contributed by atoms with van der Waals surface area (Å²) in [5.74, 6) is -0.809. The Morgan fingerprint density at radius 1 is 0.968 bits per heavy atom. The molecule has 0 bridgehead atoms. The number of hydrogen-bond donors (Lipinski definition) is 1. The number of nitrogens with two attached hydrogens (primary N) is 1. The van der Waals surface area contributed by atoms with Crippen LogP contribution in [0, 0.1) is 6.92 Å². The molecule has 0 saturated carbocycles. The number of esters is 2. The number of rotatable bonds is 6. The van der Waals surface area contributed by atoms with Crippen molar-refractivity contribution in [3.8, 4) is 0 Å². The highest BCUT2D eigenvalue weighted by Gasteiger charge is 2.25. The average molecular weight is 418 g/mol. The van der Waals surface area contributed by atoms with Crippen molar-refractivity contribution in [3.05, 3.63) is 65.2 Å². The zero-order valence-corrected chi connectivity index (χ0v) is 17.3. The molecule has 0 aliphatic rings. The molecule has 0 aliphatic heterocycles. The molecule has 31 heavy (non-hydrogen) atoms. The highest BCUT2D eigenvalue weighted by molar-refractivity contribution is 6.08. The van der Waals surface area contributed by atoms with Gasteiger partial charge in [0.1, 0.15) is 23.5 Å². The predicted molar refractivity (Wildman–Crippen MR) is 117 cm³/mol. The van der Waals surface area contributed by atoms with Crippen molar-refractivity contribution in [2.45, 2.75) is 20.4 Å². The number of ether oxygens (including phenoxy) is 2. The van der Waals surface area contributed by atoms with Crippen molar-refractivity contribution < 1.29 is 19.1 Å². The van der Waals surface area contributed by atoms with Gasteiger partial charge in [0, 0.05) is 0 Å². The third kappa shape index (κ3) is 3.79. The Bertz CT molecular complexity index is 1300. The van der Waals surface area contributed by atoms with Crippen molar-refractivity contribution in [1.29, 1.82) is 0 Å². The minimum Gasteiger partial charge on any atom is -0.462 e. The lowest BCUT2D eigenvalue weighted by atomic mass is 10.1. The van der Waals surface area contributed by atoms with E-state index in [9.17, 15) is 9.59 Å². The molecule has 2 aromatic carbocycles. The van der Waals surface area contributed by atoms with Gasteiger partial charge in [-0.1, -0.05) is 30.3 Å².